The minimum Gasteiger partial charge on any atom is -0.350 e. The molecule has 2 rings (SSSR count). The van der Waals surface area contributed by atoms with Gasteiger partial charge in [0.05, 0.1) is 0 Å². The molecule has 1 heterocycles. The fourth-order valence-corrected chi connectivity index (χ4v) is 2.36. The number of terminal acetylenes is 1. The second-order valence-corrected chi connectivity index (χ2v) is 5.11. The zero-order chi connectivity index (χ0) is 13.7. The molecule has 0 aliphatic heterocycles. The van der Waals surface area contributed by atoms with Gasteiger partial charge >= 0.3 is 0 Å². The van der Waals surface area contributed by atoms with Crippen LogP contribution < -0.4 is 5.32 Å². The number of thiazole rings is 1. The second-order valence-electron chi connectivity index (χ2n) is 3.82. The summed E-state index contributed by atoms with van der Waals surface area (Å²) >= 11 is 7.17. The van der Waals surface area contributed by atoms with Crippen LogP contribution in [-0.4, -0.2) is 17.4 Å². The fraction of sp³-hybridized carbons (Fsp3) is 0.143. The zero-order valence-corrected chi connectivity index (χ0v) is 11.6. The number of carbonyl (C=O) groups excluding carboxylic acids is 1. The molecule has 5 heteroatoms. The molecule has 3 nitrogen and oxygen atoms in total. The number of benzene rings is 1. The lowest BCUT2D eigenvalue weighted by Crippen LogP contribution is -2.25. The molecule has 1 N–H and O–H groups in total. The maximum absolute atomic E-state index is 11.8. The van der Waals surface area contributed by atoms with Gasteiger partial charge in [-0.2, -0.15) is 0 Å². The molecule has 0 aliphatic rings. The van der Waals surface area contributed by atoms with Crippen LogP contribution in [-0.2, 0) is 6.42 Å². The monoisotopic (exact) mass is 290 g/mol. The van der Waals surface area contributed by atoms with E-state index in [-0.39, 0.29) is 5.91 Å². The summed E-state index contributed by atoms with van der Waals surface area (Å²) in [4.78, 5) is 15.8. The lowest BCUT2D eigenvalue weighted by atomic mass is 10.1. The van der Waals surface area contributed by atoms with Crippen molar-refractivity contribution in [2.75, 3.05) is 6.54 Å². The van der Waals surface area contributed by atoms with Crippen molar-refractivity contribution in [2.24, 2.45) is 0 Å². The molecule has 0 aliphatic carbocycles. The first kappa shape index (κ1) is 13.6. The van der Waals surface area contributed by atoms with E-state index >= 15 is 0 Å². The van der Waals surface area contributed by atoms with Crippen LogP contribution in [0.5, 0.6) is 0 Å². The minimum atomic E-state index is -0.209. The Morgan fingerprint density at radius 3 is 3.05 bits per heavy atom. The third-order valence-corrected chi connectivity index (χ3v) is 3.46. The van der Waals surface area contributed by atoms with Gasteiger partial charge in [0.15, 0.2) is 5.01 Å². The predicted molar refractivity (Wildman–Crippen MR) is 77.5 cm³/mol. The van der Waals surface area contributed by atoms with Crippen molar-refractivity contribution >= 4 is 28.8 Å². The molecule has 0 saturated carbocycles. The van der Waals surface area contributed by atoms with Crippen LogP contribution in [0.15, 0.2) is 29.6 Å². The van der Waals surface area contributed by atoms with E-state index in [0.717, 1.165) is 12.0 Å². The van der Waals surface area contributed by atoms with Crippen molar-refractivity contribution in [2.45, 2.75) is 6.42 Å². The first-order chi connectivity index (χ1) is 9.19. The number of halogens is 1. The number of nitrogens with one attached hydrogen (secondary N) is 1. The summed E-state index contributed by atoms with van der Waals surface area (Å²) in [5.41, 5.74) is 1.44. The molecule has 0 unspecified atom stereocenters. The van der Waals surface area contributed by atoms with Gasteiger partial charge in [-0.1, -0.05) is 23.7 Å². The van der Waals surface area contributed by atoms with Crippen molar-refractivity contribution in [1.82, 2.24) is 10.3 Å². The topological polar surface area (TPSA) is 42.0 Å². The SMILES string of the molecule is C#Cc1nc(C(=O)NCCc2cccc(Cl)c2)cs1. The van der Waals surface area contributed by atoms with Crippen LogP contribution >= 0.6 is 22.9 Å². The van der Waals surface area contributed by atoms with Crippen molar-refractivity contribution in [3.63, 3.8) is 0 Å². The van der Waals surface area contributed by atoms with Gasteiger partial charge in [-0.15, -0.1) is 17.8 Å². The quantitative estimate of drug-likeness (QED) is 0.880. The molecule has 0 saturated heterocycles. The van der Waals surface area contributed by atoms with Gasteiger partial charge in [0, 0.05) is 16.9 Å². The third-order valence-electron chi connectivity index (χ3n) is 2.45. The summed E-state index contributed by atoms with van der Waals surface area (Å²) < 4.78 is 0. The number of nitrogens with zero attached hydrogens (tertiary/aromatic N) is 1. The average molecular weight is 291 g/mol. The summed E-state index contributed by atoms with van der Waals surface area (Å²) in [6.45, 7) is 0.530. The van der Waals surface area contributed by atoms with Gasteiger partial charge in [-0.25, -0.2) is 4.98 Å². The van der Waals surface area contributed by atoms with E-state index in [0.29, 0.717) is 22.3 Å². The molecular weight excluding hydrogens is 280 g/mol. The Morgan fingerprint density at radius 1 is 1.53 bits per heavy atom. The third kappa shape index (κ3) is 3.82. The summed E-state index contributed by atoms with van der Waals surface area (Å²) in [7, 11) is 0. The largest absolute Gasteiger partial charge is 0.350 e. The molecule has 0 fully saturated rings. The van der Waals surface area contributed by atoms with Gasteiger partial charge in [0.25, 0.3) is 5.91 Å². The molecule has 2 aromatic rings. The molecule has 0 spiro atoms. The number of amides is 1. The maximum atomic E-state index is 11.8. The van der Waals surface area contributed by atoms with E-state index in [1.807, 2.05) is 24.3 Å². The number of hydrogen-bond acceptors (Lipinski definition) is 3. The molecule has 1 aromatic heterocycles. The second kappa shape index (κ2) is 6.37. The molecule has 96 valence electrons. The molecule has 1 aromatic carbocycles. The van der Waals surface area contributed by atoms with Crippen LogP contribution in [0, 0.1) is 12.3 Å². The van der Waals surface area contributed by atoms with Crippen molar-refractivity contribution in [1.29, 1.82) is 0 Å². The highest BCUT2D eigenvalue weighted by molar-refractivity contribution is 7.10. The van der Waals surface area contributed by atoms with E-state index in [2.05, 4.69) is 16.2 Å². The Bertz CT molecular complexity index is 630. The highest BCUT2D eigenvalue weighted by Crippen LogP contribution is 2.11. The van der Waals surface area contributed by atoms with Crippen LogP contribution in [0.1, 0.15) is 21.1 Å². The Balaban J connectivity index is 1.86. The van der Waals surface area contributed by atoms with Crippen molar-refractivity contribution in [3.8, 4) is 12.3 Å². The first-order valence-electron chi connectivity index (χ1n) is 5.64. The van der Waals surface area contributed by atoms with Gasteiger partial charge in [-0.3, -0.25) is 4.79 Å². The Labute approximate surface area is 120 Å². The average Bonchev–Trinajstić information content (AvgIpc) is 2.87. The number of aromatic nitrogens is 1. The maximum Gasteiger partial charge on any atom is 0.270 e. The van der Waals surface area contributed by atoms with Gasteiger partial charge in [-0.05, 0) is 30.0 Å². The Kier molecular flexibility index (Phi) is 4.56. The van der Waals surface area contributed by atoms with E-state index in [4.69, 9.17) is 18.0 Å². The molecule has 0 bridgehead atoms. The van der Waals surface area contributed by atoms with Crippen molar-refractivity contribution < 1.29 is 4.79 Å². The summed E-state index contributed by atoms with van der Waals surface area (Å²) in [5.74, 6) is 2.19. The molecule has 0 radical (unpaired) electrons. The first-order valence-corrected chi connectivity index (χ1v) is 6.89. The van der Waals surface area contributed by atoms with Gasteiger partial charge < -0.3 is 5.32 Å². The lowest BCUT2D eigenvalue weighted by Gasteiger charge is -2.03. The fourth-order valence-electron chi connectivity index (χ4n) is 1.55. The number of rotatable bonds is 4. The van der Waals surface area contributed by atoms with Crippen LogP contribution in [0.2, 0.25) is 5.02 Å². The summed E-state index contributed by atoms with van der Waals surface area (Å²) in [5, 5.41) is 5.66. The Morgan fingerprint density at radius 2 is 2.37 bits per heavy atom. The van der Waals surface area contributed by atoms with Crippen LogP contribution in [0.25, 0.3) is 0 Å². The predicted octanol–water partition coefficient (Wildman–Crippen LogP) is 2.75. The van der Waals surface area contributed by atoms with E-state index in [9.17, 15) is 4.79 Å². The summed E-state index contributed by atoms with van der Waals surface area (Å²) in [6.07, 6.45) is 5.93. The highest BCUT2D eigenvalue weighted by atomic mass is 35.5. The smallest absolute Gasteiger partial charge is 0.270 e. The van der Waals surface area contributed by atoms with E-state index in [1.165, 1.54) is 11.3 Å². The van der Waals surface area contributed by atoms with Crippen molar-refractivity contribution in [3.05, 3.63) is 50.9 Å². The highest BCUT2D eigenvalue weighted by Gasteiger charge is 2.09. The molecule has 1 amide bonds. The molecule has 19 heavy (non-hydrogen) atoms. The number of hydrogen-bond donors (Lipinski definition) is 1. The summed E-state index contributed by atoms with van der Waals surface area (Å²) in [6, 6.07) is 7.56. The van der Waals surface area contributed by atoms with Gasteiger partial charge in [0.1, 0.15) is 5.69 Å². The van der Waals surface area contributed by atoms with Gasteiger partial charge in [0.2, 0.25) is 0 Å². The minimum absolute atomic E-state index is 0.209. The zero-order valence-electron chi connectivity index (χ0n) is 10.0. The van der Waals surface area contributed by atoms with E-state index < -0.39 is 0 Å². The normalized spacial score (nSPS) is 9.89. The standard InChI is InChI=1S/C14H11ClN2OS/c1-2-13-17-12(9-19-13)14(18)16-7-6-10-4-3-5-11(15)8-10/h1,3-5,8-9H,6-7H2,(H,16,18). The number of carbonyl (C=O) groups is 1. The van der Waals surface area contributed by atoms with Crippen LogP contribution in [0.4, 0.5) is 0 Å². The molecule has 0 atom stereocenters. The molecular formula is C14H11ClN2OS. The van der Waals surface area contributed by atoms with E-state index in [1.54, 1.807) is 5.38 Å². The lowest BCUT2D eigenvalue weighted by molar-refractivity contribution is 0.0950. The Hall–Kier alpha value is -1.83. The van der Waals surface area contributed by atoms with Crippen LogP contribution in [0.3, 0.4) is 0 Å².